The fourth-order valence-electron chi connectivity index (χ4n) is 2.38. The number of phenols is 1. The molecule has 0 saturated carbocycles. The Morgan fingerprint density at radius 2 is 1.58 bits per heavy atom. The second-order valence-corrected chi connectivity index (χ2v) is 5.25. The molecule has 0 aromatic heterocycles. The van der Waals surface area contributed by atoms with Crippen LogP contribution in [-0.2, 0) is 6.18 Å². The van der Waals surface area contributed by atoms with Crippen molar-refractivity contribution in [2.45, 2.75) is 6.18 Å². The molecule has 2 N–H and O–H groups in total. The molecule has 0 aliphatic rings. The van der Waals surface area contributed by atoms with Crippen molar-refractivity contribution >= 4 is 22.4 Å². The van der Waals surface area contributed by atoms with E-state index in [2.05, 4.69) is 5.32 Å². The number of rotatable bonds is 2. The molecule has 3 aromatic rings. The highest BCUT2D eigenvalue weighted by Crippen LogP contribution is 2.31. The van der Waals surface area contributed by atoms with Gasteiger partial charge in [0.15, 0.2) is 0 Å². The molecule has 122 valence electrons. The van der Waals surface area contributed by atoms with Gasteiger partial charge in [0, 0.05) is 5.69 Å². The highest BCUT2D eigenvalue weighted by Gasteiger charge is 2.30. The molecule has 3 nitrogen and oxygen atoms in total. The highest BCUT2D eigenvalue weighted by molar-refractivity contribution is 6.08. The Morgan fingerprint density at radius 1 is 0.917 bits per heavy atom. The van der Waals surface area contributed by atoms with Crippen molar-refractivity contribution in [3.8, 4) is 5.75 Å². The summed E-state index contributed by atoms with van der Waals surface area (Å²) in [6.07, 6.45) is -4.49. The molecule has 0 aliphatic heterocycles. The number of carbonyl (C=O) groups is 1. The van der Waals surface area contributed by atoms with Crippen LogP contribution in [0, 0.1) is 0 Å². The standard InChI is InChI=1S/C18H12F3NO2/c19-18(20,21)13-6-3-7-14(10-13)22-17(24)15-8-11-4-1-2-5-12(11)9-16(15)23/h1-10,23H,(H,22,24). The summed E-state index contributed by atoms with van der Waals surface area (Å²) in [4.78, 5) is 12.3. The number of phenolic OH excluding ortho intramolecular Hbond substituents is 1. The van der Waals surface area contributed by atoms with E-state index in [1.165, 1.54) is 24.3 Å². The first kappa shape index (κ1) is 15.9. The molecule has 6 heteroatoms. The molecular weight excluding hydrogens is 319 g/mol. The van der Waals surface area contributed by atoms with Crippen molar-refractivity contribution < 1.29 is 23.1 Å². The summed E-state index contributed by atoms with van der Waals surface area (Å²) in [5.41, 5.74) is -0.864. The van der Waals surface area contributed by atoms with Crippen LogP contribution in [0.1, 0.15) is 15.9 Å². The number of aromatic hydroxyl groups is 1. The Balaban J connectivity index is 1.92. The van der Waals surface area contributed by atoms with Crippen LogP contribution >= 0.6 is 0 Å². The molecule has 0 unspecified atom stereocenters. The van der Waals surface area contributed by atoms with Gasteiger partial charge in [-0.05, 0) is 41.1 Å². The lowest BCUT2D eigenvalue weighted by Crippen LogP contribution is -2.13. The molecule has 0 heterocycles. The molecule has 0 aliphatic carbocycles. The first-order valence-corrected chi connectivity index (χ1v) is 7.05. The van der Waals surface area contributed by atoms with E-state index < -0.39 is 17.6 Å². The summed E-state index contributed by atoms with van der Waals surface area (Å²) in [5.74, 6) is -0.921. The fraction of sp³-hybridized carbons (Fsp3) is 0.0556. The van der Waals surface area contributed by atoms with Gasteiger partial charge in [-0.1, -0.05) is 30.3 Å². The lowest BCUT2D eigenvalue weighted by Gasteiger charge is -2.11. The molecule has 0 saturated heterocycles. The minimum Gasteiger partial charge on any atom is -0.507 e. The third-order valence-corrected chi connectivity index (χ3v) is 3.56. The summed E-state index contributed by atoms with van der Waals surface area (Å²) < 4.78 is 38.1. The zero-order valence-electron chi connectivity index (χ0n) is 12.3. The Hall–Kier alpha value is -3.02. The number of fused-ring (bicyclic) bond motifs is 1. The van der Waals surface area contributed by atoms with Crippen molar-refractivity contribution in [2.24, 2.45) is 0 Å². The molecular formula is C18H12F3NO2. The van der Waals surface area contributed by atoms with Gasteiger partial charge in [0.05, 0.1) is 11.1 Å². The number of anilines is 1. The molecule has 24 heavy (non-hydrogen) atoms. The molecule has 0 bridgehead atoms. The predicted octanol–water partition coefficient (Wildman–Crippen LogP) is 4.82. The first-order chi connectivity index (χ1) is 11.3. The van der Waals surface area contributed by atoms with Crippen molar-refractivity contribution in [2.75, 3.05) is 5.32 Å². The van der Waals surface area contributed by atoms with Crippen molar-refractivity contribution in [3.05, 3.63) is 71.8 Å². The molecule has 1 amide bonds. The van der Waals surface area contributed by atoms with Crippen LogP contribution in [0.15, 0.2) is 60.7 Å². The number of nitrogens with one attached hydrogen (secondary N) is 1. The Kier molecular flexibility index (Phi) is 3.89. The maximum absolute atomic E-state index is 12.7. The minimum atomic E-state index is -4.49. The van der Waals surface area contributed by atoms with Gasteiger partial charge in [-0.2, -0.15) is 13.2 Å². The third kappa shape index (κ3) is 3.17. The van der Waals surface area contributed by atoms with E-state index in [4.69, 9.17) is 0 Å². The second-order valence-electron chi connectivity index (χ2n) is 5.25. The number of hydrogen-bond acceptors (Lipinski definition) is 2. The number of halogens is 3. The van der Waals surface area contributed by atoms with E-state index in [1.54, 1.807) is 24.3 Å². The van der Waals surface area contributed by atoms with Crippen LogP contribution < -0.4 is 5.32 Å². The van der Waals surface area contributed by atoms with Crippen LogP contribution in [0.4, 0.5) is 18.9 Å². The average Bonchev–Trinajstić information content (AvgIpc) is 2.53. The van der Waals surface area contributed by atoms with E-state index >= 15 is 0 Å². The van der Waals surface area contributed by atoms with Crippen LogP contribution in [0.2, 0.25) is 0 Å². The predicted molar refractivity (Wildman–Crippen MR) is 85.0 cm³/mol. The number of alkyl halides is 3. The lowest BCUT2D eigenvalue weighted by atomic mass is 10.1. The molecule has 0 radical (unpaired) electrons. The van der Waals surface area contributed by atoms with Gasteiger partial charge >= 0.3 is 6.18 Å². The van der Waals surface area contributed by atoms with Gasteiger partial charge in [0.2, 0.25) is 0 Å². The molecule has 0 fully saturated rings. The highest BCUT2D eigenvalue weighted by atomic mass is 19.4. The van der Waals surface area contributed by atoms with Crippen molar-refractivity contribution in [1.82, 2.24) is 0 Å². The smallest absolute Gasteiger partial charge is 0.416 e. The number of carbonyl (C=O) groups excluding carboxylic acids is 1. The van der Waals surface area contributed by atoms with E-state index in [0.29, 0.717) is 0 Å². The Labute approximate surface area is 135 Å². The topological polar surface area (TPSA) is 49.3 Å². The van der Waals surface area contributed by atoms with Crippen LogP contribution in [-0.4, -0.2) is 11.0 Å². The average molecular weight is 331 g/mol. The van der Waals surface area contributed by atoms with Crippen LogP contribution in [0.25, 0.3) is 10.8 Å². The quantitative estimate of drug-likeness (QED) is 0.707. The lowest BCUT2D eigenvalue weighted by molar-refractivity contribution is -0.137. The fourth-order valence-corrected chi connectivity index (χ4v) is 2.38. The Morgan fingerprint density at radius 3 is 2.25 bits per heavy atom. The largest absolute Gasteiger partial charge is 0.507 e. The monoisotopic (exact) mass is 331 g/mol. The maximum atomic E-state index is 12.7. The van der Waals surface area contributed by atoms with Gasteiger partial charge in [-0.15, -0.1) is 0 Å². The summed E-state index contributed by atoms with van der Waals surface area (Å²) in [5, 5.41) is 13.9. The van der Waals surface area contributed by atoms with E-state index in [1.807, 2.05) is 0 Å². The van der Waals surface area contributed by atoms with E-state index in [-0.39, 0.29) is 17.0 Å². The van der Waals surface area contributed by atoms with Crippen molar-refractivity contribution in [1.29, 1.82) is 0 Å². The van der Waals surface area contributed by atoms with Gasteiger partial charge in [-0.3, -0.25) is 4.79 Å². The molecule has 3 aromatic carbocycles. The summed E-state index contributed by atoms with van der Waals surface area (Å²) in [6.45, 7) is 0. The van der Waals surface area contributed by atoms with E-state index in [0.717, 1.165) is 22.9 Å². The van der Waals surface area contributed by atoms with Gasteiger partial charge in [0.1, 0.15) is 5.75 Å². The molecule has 0 atom stereocenters. The maximum Gasteiger partial charge on any atom is 0.416 e. The summed E-state index contributed by atoms with van der Waals surface area (Å²) >= 11 is 0. The van der Waals surface area contributed by atoms with E-state index in [9.17, 15) is 23.1 Å². The summed E-state index contributed by atoms with van der Waals surface area (Å²) in [7, 11) is 0. The molecule has 0 spiro atoms. The number of amides is 1. The van der Waals surface area contributed by atoms with Crippen LogP contribution in [0.3, 0.4) is 0 Å². The normalized spacial score (nSPS) is 11.5. The van der Waals surface area contributed by atoms with Gasteiger partial charge in [0.25, 0.3) is 5.91 Å². The summed E-state index contributed by atoms with van der Waals surface area (Å²) in [6, 6.07) is 14.4. The zero-order valence-corrected chi connectivity index (χ0v) is 12.3. The number of benzene rings is 3. The van der Waals surface area contributed by atoms with Crippen molar-refractivity contribution in [3.63, 3.8) is 0 Å². The number of hydrogen-bond donors (Lipinski definition) is 2. The second kappa shape index (κ2) is 5.88. The van der Waals surface area contributed by atoms with Gasteiger partial charge < -0.3 is 10.4 Å². The van der Waals surface area contributed by atoms with Crippen LogP contribution in [0.5, 0.6) is 5.75 Å². The minimum absolute atomic E-state index is 0.00221. The SMILES string of the molecule is O=C(Nc1cccc(C(F)(F)F)c1)c1cc2ccccc2cc1O. The Bertz CT molecular complexity index is 920. The van der Waals surface area contributed by atoms with Gasteiger partial charge in [-0.25, -0.2) is 0 Å². The molecule has 3 rings (SSSR count). The first-order valence-electron chi connectivity index (χ1n) is 7.05. The third-order valence-electron chi connectivity index (χ3n) is 3.56. The zero-order chi connectivity index (χ0) is 17.3.